The van der Waals surface area contributed by atoms with Gasteiger partial charge in [0.15, 0.2) is 11.6 Å². The van der Waals surface area contributed by atoms with E-state index in [0.717, 1.165) is 0 Å². The number of rotatable bonds is 5. The number of carbonyl (C=O) groups is 1. The summed E-state index contributed by atoms with van der Waals surface area (Å²) in [5.74, 6) is -2.45. The molecule has 132 valence electrons. The summed E-state index contributed by atoms with van der Waals surface area (Å²) in [5.41, 5.74) is -1.17. The molecular weight excluding hydrogens is 322 g/mol. The van der Waals surface area contributed by atoms with E-state index < -0.39 is 35.5 Å². The lowest BCUT2D eigenvalue weighted by atomic mass is 9.97. The second kappa shape index (κ2) is 8.04. The highest BCUT2D eigenvalue weighted by Crippen LogP contribution is 2.24. The van der Waals surface area contributed by atoms with Gasteiger partial charge in [0.25, 0.3) is 0 Å². The van der Waals surface area contributed by atoms with E-state index in [9.17, 15) is 23.8 Å². The molecule has 0 heterocycles. The van der Waals surface area contributed by atoms with Crippen LogP contribution in [-0.2, 0) is 4.74 Å². The Morgan fingerprint density at radius 2 is 1.92 bits per heavy atom. The highest BCUT2D eigenvalue weighted by atomic mass is 19.2. The van der Waals surface area contributed by atoms with Gasteiger partial charge in [-0.25, -0.2) is 13.6 Å². The number of nitrogens with one attached hydrogen (secondary N) is 1. The van der Waals surface area contributed by atoms with Crippen molar-refractivity contribution >= 4 is 6.09 Å². The van der Waals surface area contributed by atoms with E-state index in [4.69, 9.17) is 10.00 Å². The predicted octanol–water partition coefficient (Wildman–Crippen LogP) is 2.15. The number of carbonyl (C=O) groups excluding carboxylic acids is 1. The normalized spacial score (nSPS) is 13.8. The zero-order valence-corrected chi connectivity index (χ0v) is 13.6. The number of halogens is 2. The Hall–Kier alpha value is -2.24. The molecule has 1 aromatic carbocycles. The van der Waals surface area contributed by atoms with E-state index >= 15 is 0 Å². The number of amides is 1. The molecule has 0 spiro atoms. The molecule has 0 saturated carbocycles. The van der Waals surface area contributed by atoms with Crippen LogP contribution in [-0.4, -0.2) is 34.6 Å². The topological polar surface area (TPSA) is 103 Å². The summed E-state index contributed by atoms with van der Waals surface area (Å²) in [7, 11) is 0. The van der Waals surface area contributed by atoms with Crippen LogP contribution in [0.3, 0.4) is 0 Å². The van der Waals surface area contributed by atoms with Crippen LogP contribution >= 0.6 is 0 Å². The van der Waals surface area contributed by atoms with Crippen molar-refractivity contribution in [2.75, 3.05) is 6.54 Å². The molecule has 0 bridgehead atoms. The molecule has 2 atom stereocenters. The number of nitrogens with zero attached hydrogens (tertiary/aromatic N) is 1. The smallest absolute Gasteiger partial charge is 0.407 e. The first-order valence-corrected chi connectivity index (χ1v) is 7.27. The molecule has 6 nitrogen and oxygen atoms in total. The van der Waals surface area contributed by atoms with Crippen LogP contribution in [0.25, 0.3) is 0 Å². The van der Waals surface area contributed by atoms with Crippen LogP contribution < -0.4 is 5.32 Å². The number of aliphatic hydroxyl groups is 2. The van der Waals surface area contributed by atoms with Gasteiger partial charge in [-0.1, -0.05) is 0 Å². The standard InChI is InChI=1S/C16H20F2N2O4/c1-16(2,3)24-15(23)20-5-4-13(21)14(22)10-7-12(18)11(17)6-9(10)8-19/h6-7,13-14,21-22H,4-5H2,1-3H3,(H,20,23). The third-order valence-electron chi connectivity index (χ3n) is 3.00. The van der Waals surface area contributed by atoms with Crippen molar-refractivity contribution in [3.05, 3.63) is 34.9 Å². The third kappa shape index (κ3) is 5.76. The summed E-state index contributed by atoms with van der Waals surface area (Å²) < 4.78 is 31.4. The molecule has 1 aromatic rings. The monoisotopic (exact) mass is 342 g/mol. The van der Waals surface area contributed by atoms with Gasteiger partial charge in [-0.2, -0.15) is 5.26 Å². The number of hydrogen-bond donors (Lipinski definition) is 3. The van der Waals surface area contributed by atoms with Crippen molar-refractivity contribution in [2.45, 2.75) is 45.0 Å². The van der Waals surface area contributed by atoms with Gasteiger partial charge in [0.1, 0.15) is 11.7 Å². The molecule has 0 fully saturated rings. The van der Waals surface area contributed by atoms with Crippen LogP contribution in [0.15, 0.2) is 12.1 Å². The van der Waals surface area contributed by atoms with Crippen LogP contribution in [0.2, 0.25) is 0 Å². The molecule has 3 N–H and O–H groups in total. The SMILES string of the molecule is CC(C)(C)OC(=O)NCCC(O)C(O)c1cc(F)c(F)cc1C#N. The number of ether oxygens (including phenoxy) is 1. The van der Waals surface area contributed by atoms with Crippen LogP contribution in [0, 0.1) is 23.0 Å². The molecule has 24 heavy (non-hydrogen) atoms. The lowest BCUT2D eigenvalue weighted by Gasteiger charge is -2.21. The van der Waals surface area contributed by atoms with Gasteiger partial charge in [-0.05, 0) is 39.3 Å². The van der Waals surface area contributed by atoms with E-state index in [1.807, 2.05) is 0 Å². The van der Waals surface area contributed by atoms with Crippen molar-refractivity contribution in [1.29, 1.82) is 5.26 Å². The summed E-state index contributed by atoms with van der Waals surface area (Å²) in [5, 5.41) is 31.3. The Morgan fingerprint density at radius 3 is 2.46 bits per heavy atom. The average molecular weight is 342 g/mol. The van der Waals surface area contributed by atoms with Gasteiger partial charge < -0.3 is 20.3 Å². The van der Waals surface area contributed by atoms with E-state index in [1.54, 1.807) is 26.8 Å². The van der Waals surface area contributed by atoms with Gasteiger partial charge in [-0.3, -0.25) is 0 Å². The molecule has 0 aromatic heterocycles. The van der Waals surface area contributed by atoms with E-state index in [-0.39, 0.29) is 24.1 Å². The Labute approximate surface area is 138 Å². The largest absolute Gasteiger partial charge is 0.444 e. The summed E-state index contributed by atoms with van der Waals surface area (Å²) in [4.78, 5) is 11.5. The molecule has 0 aliphatic carbocycles. The van der Waals surface area contributed by atoms with Crippen molar-refractivity contribution in [3.8, 4) is 6.07 Å². The second-order valence-corrected chi connectivity index (χ2v) is 6.19. The van der Waals surface area contributed by atoms with Crippen molar-refractivity contribution in [1.82, 2.24) is 5.32 Å². The zero-order valence-electron chi connectivity index (χ0n) is 13.6. The summed E-state index contributed by atoms with van der Waals surface area (Å²) in [6, 6.07) is 2.95. The lowest BCUT2D eigenvalue weighted by molar-refractivity contribution is 0.0119. The van der Waals surface area contributed by atoms with Gasteiger partial charge in [0.2, 0.25) is 0 Å². The third-order valence-corrected chi connectivity index (χ3v) is 3.00. The second-order valence-electron chi connectivity index (χ2n) is 6.19. The first-order chi connectivity index (χ1) is 11.0. The van der Waals surface area contributed by atoms with E-state index in [2.05, 4.69) is 5.32 Å². The lowest BCUT2D eigenvalue weighted by Crippen LogP contribution is -2.34. The Morgan fingerprint density at radius 1 is 1.33 bits per heavy atom. The summed E-state index contributed by atoms with van der Waals surface area (Å²) in [6.45, 7) is 5.06. The molecule has 2 unspecified atom stereocenters. The maximum Gasteiger partial charge on any atom is 0.407 e. The highest BCUT2D eigenvalue weighted by molar-refractivity contribution is 5.67. The molecule has 1 rings (SSSR count). The highest BCUT2D eigenvalue weighted by Gasteiger charge is 2.24. The molecule has 0 radical (unpaired) electrons. The molecule has 0 saturated heterocycles. The summed E-state index contributed by atoms with van der Waals surface area (Å²) >= 11 is 0. The average Bonchev–Trinajstić information content (AvgIpc) is 2.46. The van der Waals surface area contributed by atoms with Crippen LogP contribution in [0.1, 0.15) is 44.4 Å². The molecule has 1 amide bonds. The number of alkyl carbamates (subject to hydrolysis) is 1. The fourth-order valence-corrected chi connectivity index (χ4v) is 1.91. The quantitative estimate of drug-likeness (QED) is 0.761. The molecule has 8 heteroatoms. The van der Waals surface area contributed by atoms with Gasteiger partial charge in [0.05, 0.1) is 17.7 Å². The molecule has 0 aliphatic rings. The van der Waals surface area contributed by atoms with E-state index in [0.29, 0.717) is 12.1 Å². The number of nitriles is 1. The minimum atomic E-state index is -1.60. The first kappa shape index (κ1) is 19.8. The van der Waals surface area contributed by atoms with Crippen molar-refractivity contribution < 1.29 is 28.5 Å². The zero-order chi connectivity index (χ0) is 18.5. The fourth-order valence-electron chi connectivity index (χ4n) is 1.91. The number of hydrogen-bond acceptors (Lipinski definition) is 5. The summed E-state index contributed by atoms with van der Waals surface area (Å²) in [6.07, 6.45) is -3.76. The van der Waals surface area contributed by atoms with Crippen molar-refractivity contribution in [3.63, 3.8) is 0 Å². The Kier molecular flexibility index (Phi) is 6.63. The van der Waals surface area contributed by atoms with Crippen LogP contribution in [0.4, 0.5) is 13.6 Å². The minimum Gasteiger partial charge on any atom is -0.444 e. The van der Waals surface area contributed by atoms with Gasteiger partial charge >= 0.3 is 6.09 Å². The van der Waals surface area contributed by atoms with Crippen LogP contribution in [0.5, 0.6) is 0 Å². The van der Waals surface area contributed by atoms with Gasteiger partial charge in [-0.15, -0.1) is 0 Å². The first-order valence-electron chi connectivity index (χ1n) is 7.27. The maximum absolute atomic E-state index is 13.3. The molecular formula is C16H20F2N2O4. The van der Waals surface area contributed by atoms with Gasteiger partial charge in [0, 0.05) is 12.1 Å². The molecule has 0 aliphatic heterocycles. The maximum atomic E-state index is 13.3. The number of benzene rings is 1. The minimum absolute atomic E-state index is 0.0152. The Bertz CT molecular complexity index is 638. The van der Waals surface area contributed by atoms with E-state index in [1.165, 1.54) is 0 Å². The van der Waals surface area contributed by atoms with Crippen molar-refractivity contribution in [2.24, 2.45) is 0 Å². The Balaban J connectivity index is 2.66. The fraction of sp³-hybridized carbons (Fsp3) is 0.500. The number of aliphatic hydroxyl groups excluding tert-OH is 2. The predicted molar refractivity (Wildman–Crippen MR) is 80.9 cm³/mol.